The van der Waals surface area contributed by atoms with E-state index < -0.39 is 5.91 Å². The molecular weight excluding hydrogens is 280 g/mol. The van der Waals surface area contributed by atoms with Crippen LogP contribution in [0.4, 0.5) is 5.82 Å². The van der Waals surface area contributed by atoms with Crippen LogP contribution in [-0.2, 0) is 4.79 Å². The van der Waals surface area contributed by atoms with Crippen LogP contribution < -0.4 is 5.73 Å². The standard InChI is InChI=1S/C15H10N6O/c1-17-13-5-3-9(6-18-13)11-8-20-15-14(21-11)10(7-19-15)2-4-12(16)22/h2-8H,(H2,16,22)(H,19,20)/b4-2+. The Morgan fingerprint density at radius 3 is 2.86 bits per heavy atom. The average molecular weight is 290 g/mol. The monoisotopic (exact) mass is 290 g/mol. The van der Waals surface area contributed by atoms with E-state index in [1.54, 1.807) is 36.8 Å². The molecule has 3 aromatic heterocycles. The Kier molecular flexibility index (Phi) is 3.34. The quantitative estimate of drug-likeness (QED) is 0.569. The molecule has 0 spiro atoms. The molecule has 7 heteroatoms. The molecule has 0 bridgehead atoms. The van der Waals surface area contributed by atoms with Crippen molar-refractivity contribution in [2.75, 3.05) is 0 Å². The molecule has 0 aromatic carbocycles. The highest BCUT2D eigenvalue weighted by Crippen LogP contribution is 2.22. The largest absolute Gasteiger partial charge is 0.366 e. The first kappa shape index (κ1) is 13.5. The normalized spacial score (nSPS) is 10.9. The molecule has 22 heavy (non-hydrogen) atoms. The maximum Gasteiger partial charge on any atom is 0.269 e. The van der Waals surface area contributed by atoms with Gasteiger partial charge in [-0.15, -0.1) is 4.98 Å². The van der Waals surface area contributed by atoms with Gasteiger partial charge < -0.3 is 15.6 Å². The van der Waals surface area contributed by atoms with Crippen molar-refractivity contribution < 1.29 is 4.79 Å². The lowest BCUT2D eigenvalue weighted by Gasteiger charge is -1.99. The number of hydrogen-bond donors (Lipinski definition) is 2. The molecule has 0 unspecified atom stereocenters. The van der Waals surface area contributed by atoms with Gasteiger partial charge in [-0.3, -0.25) is 4.79 Å². The molecule has 0 saturated carbocycles. The first-order valence-electron chi connectivity index (χ1n) is 6.33. The third-order valence-corrected chi connectivity index (χ3v) is 3.00. The lowest BCUT2D eigenvalue weighted by Crippen LogP contribution is -2.05. The van der Waals surface area contributed by atoms with E-state index in [0.29, 0.717) is 28.2 Å². The second kappa shape index (κ2) is 5.46. The molecule has 3 N–H and O–H groups in total. The Bertz CT molecular complexity index is 917. The highest BCUT2D eigenvalue weighted by Gasteiger charge is 2.08. The number of hydrogen-bond acceptors (Lipinski definition) is 4. The zero-order valence-electron chi connectivity index (χ0n) is 11.3. The van der Waals surface area contributed by atoms with E-state index in [4.69, 9.17) is 12.3 Å². The molecule has 1 amide bonds. The van der Waals surface area contributed by atoms with Gasteiger partial charge in [-0.25, -0.2) is 9.97 Å². The Hall–Kier alpha value is -3.53. The number of pyridine rings is 1. The number of rotatable bonds is 3. The summed E-state index contributed by atoms with van der Waals surface area (Å²) in [4.78, 5) is 29.9. The van der Waals surface area contributed by atoms with Crippen LogP contribution in [0.5, 0.6) is 0 Å². The molecule has 0 aliphatic heterocycles. The second-order valence-corrected chi connectivity index (χ2v) is 4.45. The van der Waals surface area contributed by atoms with E-state index in [9.17, 15) is 4.79 Å². The van der Waals surface area contributed by atoms with Crippen molar-refractivity contribution in [3.8, 4) is 11.3 Å². The summed E-state index contributed by atoms with van der Waals surface area (Å²) in [5.74, 6) is -0.207. The van der Waals surface area contributed by atoms with Crippen molar-refractivity contribution in [3.05, 3.63) is 53.8 Å². The smallest absolute Gasteiger partial charge is 0.269 e. The topological polar surface area (TPSA) is 102 Å². The number of carbonyl (C=O) groups excluding carboxylic acids is 1. The minimum Gasteiger partial charge on any atom is -0.366 e. The fourth-order valence-corrected chi connectivity index (χ4v) is 1.95. The van der Waals surface area contributed by atoms with Crippen LogP contribution in [0.15, 0.2) is 36.8 Å². The van der Waals surface area contributed by atoms with Crippen LogP contribution in [-0.4, -0.2) is 25.8 Å². The van der Waals surface area contributed by atoms with E-state index in [-0.39, 0.29) is 0 Å². The Labute approximate surface area is 125 Å². The fraction of sp³-hybridized carbons (Fsp3) is 0. The summed E-state index contributed by atoms with van der Waals surface area (Å²) in [5.41, 5.74) is 8.44. The van der Waals surface area contributed by atoms with Crippen molar-refractivity contribution in [1.82, 2.24) is 19.9 Å². The van der Waals surface area contributed by atoms with Crippen LogP contribution >= 0.6 is 0 Å². The van der Waals surface area contributed by atoms with Crippen LogP contribution in [0.1, 0.15) is 5.56 Å². The number of nitrogens with two attached hydrogens (primary N) is 1. The summed E-state index contributed by atoms with van der Waals surface area (Å²) in [7, 11) is 0. The highest BCUT2D eigenvalue weighted by molar-refractivity contribution is 5.93. The number of carbonyl (C=O) groups is 1. The van der Waals surface area contributed by atoms with Crippen LogP contribution in [0.25, 0.3) is 33.3 Å². The summed E-state index contributed by atoms with van der Waals surface area (Å²) < 4.78 is 0. The van der Waals surface area contributed by atoms with Gasteiger partial charge in [0.05, 0.1) is 11.9 Å². The zero-order valence-corrected chi connectivity index (χ0v) is 11.3. The average Bonchev–Trinajstić information content (AvgIpc) is 2.95. The third kappa shape index (κ3) is 2.53. The SMILES string of the molecule is [C-]#[N+]c1ccc(-c2cnc3[nH]cc(/C=C/C(N)=O)c3n2)cn1. The maximum atomic E-state index is 10.8. The highest BCUT2D eigenvalue weighted by atomic mass is 16.1. The second-order valence-electron chi connectivity index (χ2n) is 4.45. The van der Waals surface area contributed by atoms with Crippen LogP contribution in [0.3, 0.4) is 0 Å². The zero-order chi connectivity index (χ0) is 15.5. The van der Waals surface area contributed by atoms with Crippen molar-refractivity contribution in [2.24, 2.45) is 5.73 Å². The molecule has 106 valence electrons. The Morgan fingerprint density at radius 1 is 1.32 bits per heavy atom. The van der Waals surface area contributed by atoms with E-state index in [1.165, 1.54) is 6.08 Å². The molecular formula is C15H10N6O. The fourth-order valence-electron chi connectivity index (χ4n) is 1.95. The maximum absolute atomic E-state index is 10.8. The molecule has 0 aliphatic rings. The number of fused-ring (bicyclic) bond motifs is 1. The van der Waals surface area contributed by atoms with Gasteiger partial charge in [0, 0.05) is 23.4 Å². The molecule has 0 saturated heterocycles. The number of primary amides is 1. The van der Waals surface area contributed by atoms with Gasteiger partial charge in [0.2, 0.25) is 5.91 Å². The summed E-state index contributed by atoms with van der Waals surface area (Å²) in [6.07, 6.45) is 7.75. The summed E-state index contributed by atoms with van der Waals surface area (Å²) in [6, 6.07) is 3.39. The van der Waals surface area contributed by atoms with Crippen LogP contribution in [0.2, 0.25) is 0 Å². The minimum atomic E-state index is -0.530. The van der Waals surface area contributed by atoms with Gasteiger partial charge in [-0.1, -0.05) is 12.6 Å². The first-order valence-corrected chi connectivity index (χ1v) is 6.33. The summed E-state index contributed by atoms with van der Waals surface area (Å²) in [5, 5.41) is 0. The van der Waals surface area contributed by atoms with Gasteiger partial charge in [-0.05, 0) is 12.1 Å². The molecule has 7 nitrogen and oxygen atoms in total. The van der Waals surface area contributed by atoms with E-state index in [1.807, 2.05) is 0 Å². The number of amides is 1. The Balaban J connectivity index is 2.06. The lowest BCUT2D eigenvalue weighted by atomic mass is 10.2. The Morgan fingerprint density at radius 2 is 2.18 bits per heavy atom. The number of H-pyrrole nitrogens is 1. The van der Waals surface area contributed by atoms with Gasteiger partial charge in [0.15, 0.2) is 5.65 Å². The van der Waals surface area contributed by atoms with E-state index >= 15 is 0 Å². The first-order chi connectivity index (χ1) is 10.7. The predicted molar refractivity (Wildman–Crippen MR) is 81.6 cm³/mol. The van der Waals surface area contributed by atoms with Crippen LogP contribution in [0, 0.1) is 6.57 Å². The lowest BCUT2D eigenvalue weighted by molar-refractivity contribution is -0.113. The summed E-state index contributed by atoms with van der Waals surface area (Å²) >= 11 is 0. The van der Waals surface area contributed by atoms with Crippen molar-refractivity contribution in [2.45, 2.75) is 0 Å². The van der Waals surface area contributed by atoms with E-state index in [0.717, 1.165) is 5.56 Å². The molecule has 3 heterocycles. The number of aromatic amines is 1. The molecule has 0 radical (unpaired) electrons. The van der Waals surface area contributed by atoms with Gasteiger partial charge in [-0.2, -0.15) is 0 Å². The van der Waals surface area contributed by atoms with Gasteiger partial charge in [0.1, 0.15) is 11.7 Å². The molecule has 3 rings (SSSR count). The number of nitrogens with one attached hydrogen (secondary N) is 1. The van der Waals surface area contributed by atoms with Crippen molar-refractivity contribution in [1.29, 1.82) is 0 Å². The number of aromatic nitrogens is 4. The van der Waals surface area contributed by atoms with Crippen molar-refractivity contribution in [3.63, 3.8) is 0 Å². The molecule has 0 aliphatic carbocycles. The van der Waals surface area contributed by atoms with Gasteiger partial charge in [0.25, 0.3) is 5.82 Å². The van der Waals surface area contributed by atoms with Gasteiger partial charge >= 0.3 is 0 Å². The summed E-state index contributed by atoms with van der Waals surface area (Å²) in [6.45, 7) is 6.90. The minimum absolute atomic E-state index is 0.324. The molecule has 3 aromatic rings. The van der Waals surface area contributed by atoms with Crippen molar-refractivity contribution >= 4 is 29.0 Å². The number of nitrogens with zero attached hydrogens (tertiary/aromatic N) is 4. The third-order valence-electron chi connectivity index (χ3n) is 3.00. The van der Waals surface area contributed by atoms with E-state index in [2.05, 4.69) is 24.8 Å². The molecule has 0 fully saturated rings. The molecule has 0 atom stereocenters. The predicted octanol–water partition coefficient (Wildman–Crippen LogP) is 2.07.